The molecule has 0 radical (unpaired) electrons. The molecule has 2 aliphatic heterocycles. The number of rotatable bonds is 3. The van der Waals surface area contributed by atoms with Crippen LogP contribution >= 0.6 is 0 Å². The largest absolute Gasteiger partial charge is 0.302 e. The van der Waals surface area contributed by atoms with E-state index in [1.165, 1.54) is 77.8 Å². The summed E-state index contributed by atoms with van der Waals surface area (Å²) in [5.74, 6) is 0. The van der Waals surface area contributed by atoms with Gasteiger partial charge >= 0.3 is 0 Å². The Morgan fingerprint density at radius 2 is 0.875 bits per heavy atom. The average Bonchev–Trinajstić information content (AvgIpc) is 2.41. The zero-order chi connectivity index (χ0) is 11.6. The van der Waals surface area contributed by atoms with E-state index in [1.807, 2.05) is 13.8 Å². The molecule has 16 heavy (non-hydrogen) atoms. The van der Waals surface area contributed by atoms with Crippen molar-refractivity contribution < 1.29 is 0 Å². The zero-order valence-corrected chi connectivity index (χ0v) is 11.4. The van der Waals surface area contributed by atoms with Crippen LogP contribution in [0.3, 0.4) is 0 Å². The van der Waals surface area contributed by atoms with Crippen LogP contribution in [0.1, 0.15) is 52.4 Å². The van der Waals surface area contributed by atoms with Gasteiger partial charge in [-0.2, -0.15) is 0 Å². The van der Waals surface area contributed by atoms with E-state index < -0.39 is 0 Å². The highest BCUT2D eigenvalue weighted by Crippen LogP contribution is 2.11. The molecule has 0 unspecified atom stereocenters. The van der Waals surface area contributed by atoms with Crippen molar-refractivity contribution >= 4 is 0 Å². The molecule has 2 rings (SSSR count). The molecule has 0 aromatic heterocycles. The molecular formula is C14H30N2. The van der Waals surface area contributed by atoms with Crippen LogP contribution < -0.4 is 0 Å². The fourth-order valence-corrected chi connectivity index (χ4v) is 2.65. The van der Waals surface area contributed by atoms with Crippen molar-refractivity contribution in [3.8, 4) is 0 Å². The first-order valence-corrected chi connectivity index (χ1v) is 7.40. The van der Waals surface area contributed by atoms with Gasteiger partial charge in [0.15, 0.2) is 0 Å². The summed E-state index contributed by atoms with van der Waals surface area (Å²) < 4.78 is 0. The van der Waals surface area contributed by atoms with Crippen LogP contribution in [0.15, 0.2) is 0 Å². The third kappa shape index (κ3) is 5.31. The molecule has 2 aliphatic rings. The smallest absolute Gasteiger partial charge is 0.0109 e. The maximum atomic E-state index is 2.65. The van der Waals surface area contributed by atoms with E-state index in [0.717, 1.165) is 0 Å². The minimum atomic E-state index is 1.32. The van der Waals surface area contributed by atoms with E-state index in [9.17, 15) is 0 Å². The van der Waals surface area contributed by atoms with Gasteiger partial charge in [0.25, 0.3) is 0 Å². The number of piperidine rings is 2. The molecule has 2 heteroatoms. The summed E-state index contributed by atoms with van der Waals surface area (Å²) in [5.41, 5.74) is 0. The van der Waals surface area contributed by atoms with E-state index in [0.29, 0.717) is 0 Å². The predicted molar refractivity (Wildman–Crippen MR) is 71.9 cm³/mol. The lowest BCUT2D eigenvalue weighted by Crippen LogP contribution is -2.39. The van der Waals surface area contributed by atoms with Crippen molar-refractivity contribution in [1.29, 1.82) is 0 Å². The quantitative estimate of drug-likeness (QED) is 0.730. The molecule has 0 amide bonds. The van der Waals surface area contributed by atoms with Crippen LogP contribution in [0.5, 0.6) is 0 Å². The maximum Gasteiger partial charge on any atom is 0.0109 e. The Hall–Kier alpha value is -0.0800. The number of hydrogen-bond acceptors (Lipinski definition) is 2. The third-order valence-corrected chi connectivity index (χ3v) is 3.63. The summed E-state index contributed by atoms with van der Waals surface area (Å²) in [5, 5.41) is 0. The highest BCUT2D eigenvalue weighted by Gasteiger charge is 2.13. The Morgan fingerprint density at radius 1 is 0.562 bits per heavy atom. The molecule has 2 nitrogen and oxygen atoms in total. The molecule has 2 fully saturated rings. The molecule has 0 aromatic carbocycles. The molecule has 0 spiro atoms. The van der Waals surface area contributed by atoms with Crippen molar-refractivity contribution in [1.82, 2.24) is 9.80 Å². The van der Waals surface area contributed by atoms with Crippen LogP contribution in [0.25, 0.3) is 0 Å². The molecule has 0 aliphatic carbocycles. The van der Waals surface area contributed by atoms with Crippen molar-refractivity contribution in [2.24, 2.45) is 0 Å². The van der Waals surface area contributed by atoms with E-state index in [1.54, 1.807) is 0 Å². The summed E-state index contributed by atoms with van der Waals surface area (Å²) in [7, 11) is 0. The standard InChI is InChI=1S/C12H24N2.C2H6/c1-3-7-13(8-4-1)11-12-14-9-5-2-6-10-14;1-2/h1-12H2;1-2H3. The highest BCUT2D eigenvalue weighted by atomic mass is 15.2. The Labute approximate surface area is 102 Å². The fourth-order valence-electron chi connectivity index (χ4n) is 2.65. The van der Waals surface area contributed by atoms with Gasteiger partial charge in [-0.3, -0.25) is 0 Å². The van der Waals surface area contributed by atoms with Gasteiger partial charge in [-0.1, -0.05) is 26.7 Å². The third-order valence-electron chi connectivity index (χ3n) is 3.63. The van der Waals surface area contributed by atoms with Crippen LogP contribution in [-0.2, 0) is 0 Å². The average molecular weight is 226 g/mol. The van der Waals surface area contributed by atoms with Gasteiger partial charge in [0.2, 0.25) is 0 Å². The minimum Gasteiger partial charge on any atom is -0.302 e. The molecule has 0 bridgehead atoms. The van der Waals surface area contributed by atoms with Crippen LogP contribution in [-0.4, -0.2) is 49.1 Å². The van der Waals surface area contributed by atoms with E-state index in [-0.39, 0.29) is 0 Å². The fraction of sp³-hybridized carbons (Fsp3) is 1.00. The zero-order valence-electron chi connectivity index (χ0n) is 11.4. The topological polar surface area (TPSA) is 6.48 Å². The van der Waals surface area contributed by atoms with Gasteiger partial charge in [-0.15, -0.1) is 0 Å². The van der Waals surface area contributed by atoms with E-state index in [2.05, 4.69) is 9.80 Å². The van der Waals surface area contributed by atoms with Gasteiger partial charge in [-0.25, -0.2) is 0 Å². The second-order valence-corrected chi connectivity index (χ2v) is 4.80. The Bertz CT molecular complexity index is 129. The van der Waals surface area contributed by atoms with Crippen LogP contribution in [0.4, 0.5) is 0 Å². The lowest BCUT2D eigenvalue weighted by Gasteiger charge is -2.31. The van der Waals surface area contributed by atoms with E-state index >= 15 is 0 Å². The Kier molecular flexibility index (Phi) is 7.87. The van der Waals surface area contributed by atoms with Crippen molar-refractivity contribution in [2.75, 3.05) is 39.3 Å². The summed E-state index contributed by atoms with van der Waals surface area (Å²) in [6.07, 6.45) is 8.64. The molecule has 0 saturated carbocycles. The second-order valence-electron chi connectivity index (χ2n) is 4.80. The number of likely N-dealkylation sites (tertiary alicyclic amines) is 2. The molecule has 0 N–H and O–H groups in total. The van der Waals surface area contributed by atoms with Gasteiger partial charge < -0.3 is 9.80 Å². The monoisotopic (exact) mass is 226 g/mol. The Balaban J connectivity index is 0.000000606. The van der Waals surface area contributed by atoms with Gasteiger partial charge in [0, 0.05) is 13.1 Å². The lowest BCUT2D eigenvalue weighted by atomic mass is 10.1. The molecule has 0 aromatic rings. The van der Waals surface area contributed by atoms with Gasteiger partial charge in [-0.05, 0) is 51.9 Å². The maximum absolute atomic E-state index is 2.65. The summed E-state index contributed by atoms with van der Waals surface area (Å²) >= 11 is 0. The SMILES string of the molecule is C1CCN(CCN2CCCCC2)CC1.CC. The summed E-state index contributed by atoms with van der Waals surface area (Å²) in [6, 6.07) is 0. The Morgan fingerprint density at radius 3 is 1.19 bits per heavy atom. The predicted octanol–water partition coefficient (Wildman–Crippen LogP) is 2.98. The summed E-state index contributed by atoms with van der Waals surface area (Å²) in [4.78, 5) is 5.30. The second kappa shape index (κ2) is 9.00. The van der Waals surface area contributed by atoms with Crippen molar-refractivity contribution in [2.45, 2.75) is 52.4 Å². The van der Waals surface area contributed by atoms with Crippen molar-refractivity contribution in [3.05, 3.63) is 0 Å². The van der Waals surface area contributed by atoms with Crippen LogP contribution in [0.2, 0.25) is 0 Å². The molecule has 2 saturated heterocycles. The molecular weight excluding hydrogens is 196 g/mol. The minimum absolute atomic E-state index is 1.32. The lowest BCUT2D eigenvalue weighted by molar-refractivity contribution is 0.166. The first kappa shape index (κ1) is 14.0. The first-order valence-electron chi connectivity index (χ1n) is 7.40. The normalized spacial score (nSPS) is 23.6. The van der Waals surface area contributed by atoms with E-state index in [4.69, 9.17) is 0 Å². The number of hydrogen-bond donors (Lipinski definition) is 0. The van der Waals surface area contributed by atoms with Crippen molar-refractivity contribution in [3.63, 3.8) is 0 Å². The molecule has 0 atom stereocenters. The van der Waals surface area contributed by atoms with Gasteiger partial charge in [0.05, 0.1) is 0 Å². The first-order chi connectivity index (χ1) is 7.95. The number of nitrogens with zero attached hydrogens (tertiary/aromatic N) is 2. The summed E-state index contributed by atoms with van der Waals surface area (Å²) in [6.45, 7) is 12.1. The molecule has 2 heterocycles. The van der Waals surface area contributed by atoms with Gasteiger partial charge in [0.1, 0.15) is 0 Å². The molecule has 96 valence electrons. The highest BCUT2D eigenvalue weighted by molar-refractivity contribution is 4.69. The van der Waals surface area contributed by atoms with Crippen LogP contribution in [0, 0.1) is 0 Å².